The zero-order chi connectivity index (χ0) is 17.2. The lowest BCUT2D eigenvalue weighted by molar-refractivity contribution is -0.130. The molecule has 2 aromatic carbocycles. The van der Waals surface area contributed by atoms with Gasteiger partial charge in [-0.2, -0.15) is 0 Å². The van der Waals surface area contributed by atoms with E-state index in [1.807, 2.05) is 49.4 Å². The maximum absolute atomic E-state index is 12.4. The fraction of sp³-hybridized carbons (Fsp3) is 0.250. The second kappa shape index (κ2) is 6.80. The van der Waals surface area contributed by atoms with Gasteiger partial charge in [0.15, 0.2) is 6.10 Å². The topological polar surface area (TPSA) is 49.3 Å². The minimum Gasteiger partial charge on any atom is -0.378 e. The summed E-state index contributed by atoms with van der Waals surface area (Å²) in [7, 11) is 0. The van der Waals surface area contributed by atoms with Crippen LogP contribution in [0.3, 0.4) is 0 Å². The predicted molar refractivity (Wildman–Crippen MR) is 91.8 cm³/mol. The number of fused-ring (bicyclic) bond motifs is 1. The van der Waals surface area contributed by atoms with Crippen molar-refractivity contribution in [2.45, 2.75) is 31.4 Å². The fourth-order valence-electron chi connectivity index (χ4n) is 2.93. The van der Waals surface area contributed by atoms with Gasteiger partial charge in [0.1, 0.15) is 0 Å². The van der Waals surface area contributed by atoms with Crippen LogP contribution in [0, 0.1) is 0 Å². The molecule has 0 fully saturated rings. The van der Waals surface area contributed by atoms with Crippen molar-refractivity contribution in [2.75, 3.05) is 0 Å². The quantitative estimate of drug-likeness (QED) is 0.909. The first-order valence-corrected chi connectivity index (χ1v) is 7.82. The van der Waals surface area contributed by atoms with Gasteiger partial charge in [0.2, 0.25) is 0 Å². The first-order valence-electron chi connectivity index (χ1n) is 8.32. The molecule has 118 valence electrons. The van der Waals surface area contributed by atoms with Crippen molar-refractivity contribution >= 4 is 12.0 Å². The van der Waals surface area contributed by atoms with E-state index in [0.29, 0.717) is 12.0 Å². The number of aliphatic hydroxyl groups is 1. The molecule has 1 aliphatic rings. The minimum absolute atomic E-state index is 0.436. The summed E-state index contributed by atoms with van der Waals surface area (Å²) >= 11 is 0. The Balaban J connectivity index is 1.78. The Bertz CT molecular complexity index is 759. The van der Waals surface area contributed by atoms with Gasteiger partial charge in [-0.15, -0.1) is 0 Å². The van der Waals surface area contributed by atoms with E-state index in [9.17, 15) is 9.90 Å². The normalized spacial score (nSPS) is 22.6. The number of aliphatic hydroxyl groups excluding tert-OH is 1. The van der Waals surface area contributed by atoms with Gasteiger partial charge in [0, 0.05) is 13.3 Å². The van der Waals surface area contributed by atoms with Crippen LogP contribution in [0.5, 0.6) is 0 Å². The number of hydrogen-bond acceptors (Lipinski definition) is 2. The Morgan fingerprint density at radius 1 is 1.22 bits per heavy atom. The zero-order valence-electron chi connectivity index (χ0n) is 14.1. The smallest absolute Gasteiger partial charge is 0.253 e. The van der Waals surface area contributed by atoms with Crippen LogP contribution in [0.15, 0.2) is 60.7 Å². The summed E-state index contributed by atoms with van der Waals surface area (Å²) in [6.45, 7) is 1.82. The molecule has 2 N–H and O–H groups in total. The lowest BCUT2D eigenvalue weighted by atomic mass is 9.82. The largest absolute Gasteiger partial charge is 0.378 e. The second-order valence-electron chi connectivity index (χ2n) is 5.76. The lowest BCUT2D eigenvalue weighted by Crippen LogP contribution is -2.40. The summed E-state index contributed by atoms with van der Waals surface area (Å²) in [4.78, 5) is 12.4. The van der Waals surface area contributed by atoms with Crippen LogP contribution in [0.25, 0.3) is 6.08 Å². The first-order chi connectivity index (χ1) is 11.5. The van der Waals surface area contributed by atoms with Crippen LogP contribution in [-0.2, 0) is 4.79 Å². The van der Waals surface area contributed by atoms with E-state index in [1.54, 1.807) is 24.3 Å². The van der Waals surface area contributed by atoms with Gasteiger partial charge in [0.05, 0.1) is 0 Å². The summed E-state index contributed by atoms with van der Waals surface area (Å²) in [6, 6.07) is 16.1. The summed E-state index contributed by atoms with van der Waals surface area (Å²) in [5.74, 6) is -1.43. The van der Waals surface area contributed by atoms with Gasteiger partial charge in [0.25, 0.3) is 5.91 Å². The monoisotopic (exact) mass is 308 g/mol. The zero-order valence-corrected chi connectivity index (χ0v) is 13.1. The molecule has 0 saturated heterocycles. The summed E-state index contributed by atoms with van der Waals surface area (Å²) in [5, 5.41) is 13.0. The van der Waals surface area contributed by atoms with Gasteiger partial charge in [-0.3, -0.25) is 4.79 Å². The highest BCUT2D eigenvalue weighted by Gasteiger charge is 2.26. The lowest BCUT2D eigenvalue weighted by Gasteiger charge is -2.29. The standard InChI is InChI=1S/C20H21NO2/c1-14(17-13-7-11-15-8-5-6-12-18(15)17)21-20(23)19(22)16-9-3-2-4-10-16/h2-12,14,17,19,22H,13H2,1H3,(H,21,23)/t14?,17-,19+/m0/s1/i17D. The molecule has 0 saturated carbocycles. The number of carbonyl (C=O) groups excluding carboxylic acids is 1. The Morgan fingerprint density at radius 2 is 1.91 bits per heavy atom. The van der Waals surface area contributed by atoms with E-state index >= 15 is 0 Å². The molecule has 0 aliphatic heterocycles. The average molecular weight is 308 g/mol. The molecule has 0 spiro atoms. The average Bonchev–Trinajstić information content (AvgIpc) is 2.62. The van der Waals surface area contributed by atoms with Gasteiger partial charge in [-0.05, 0) is 30.0 Å². The number of amides is 1. The summed E-state index contributed by atoms with van der Waals surface area (Å²) in [6.07, 6.45) is 3.26. The van der Waals surface area contributed by atoms with Crippen molar-refractivity contribution in [3.8, 4) is 0 Å². The molecular formula is C20H21NO2. The van der Waals surface area contributed by atoms with E-state index in [-0.39, 0.29) is 0 Å². The van der Waals surface area contributed by atoms with Crippen molar-refractivity contribution in [1.82, 2.24) is 5.32 Å². The van der Waals surface area contributed by atoms with Crippen molar-refractivity contribution in [3.05, 3.63) is 77.4 Å². The third kappa shape index (κ3) is 3.35. The molecule has 3 nitrogen and oxygen atoms in total. The second-order valence-corrected chi connectivity index (χ2v) is 5.76. The van der Waals surface area contributed by atoms with Gasteiger partial charge < -0.3 is 10.4 Å². The van der Waals surface area contributed by atoms with Gasteiger partial charge >= 0.3 is 0 Å². The van der Waals surface area contributed by atoms with E-state index in [2.05, 4.69) is 5.32 Å². The molecule has 3 heteroatoms. The SMILES string of the molecule is [2H][C@@]1(C(C)NC(=O)[C@H](O)c2ccccc2)CC=Cc2ccccc21. The van der Waals surface area contributed by atoms with Crippen molar-refractivity contribution in [1.29, 1.82) is 0 Å². The Kier molecular flexibility index (Phi) is 4.20. The Labute approximate surface area is 138 Å². The fourth-order valence-corrected chi connectivity index (χ4v) is 2.93. The molecule has 0 radical (unpaired) electrons. The summed E-state index contributed by atoms with van der Waals surface area (Å²) < 4.78 is 8.90. The molecule has 3 atom stereocenters. The summed E-state index contributed by atoms with van der Waals surface area (Å²) in [5.41, 5.74) is 2.45. The van der Waals surface area contributed by atoms with Crippen LogP contribution < -0.4 is 5.32 Å². The van der Waals surface area contributed by atoms with Crippen LogP contribution in [0.1, 0.15) is 43.4 Å². The van der Waals surface area contributed by atoms with Crippen molar-refractivity contribution in [3.63, 3.8) is 0 Å². The highest BCUT2D eigenvalue weighted by molar-refractivity contribution is 5.82. The number of rotatable bonds is 4. The maximum Gasteiger partial charge on any atom is 0.253 e. The third-order valence-electron chi connectivity index (χ3n) is 4.19. The number of allylic oxidation sites excluding steroid dienone is 1. The molecule has 1 amide bonds. The number of carbonyl (C=O) groups is 1. The van der Waals surface area contributed by atoms with Gasteiger partial charge in [-0.25, -0.2) is 0 Å². The Hall–Kier alpha value is -2.39. The molecular weight excluding hydrogens is 286 g/mol. The van der Waals surface area contributed by atoms with Crippen molar-refractivity contribution < 1.29 is 11.3 Å². The minimum atomic E-state index is -1.23. The third-order valence-corrected chi connectivity index (χ3v) is 4.19. The van der Waals surface area contributed by atoms with E-state index in [1.165, 1.54) is 0 Å². The van der Waals surface area contributed by atoms with Crippen molar-refractivity contribution in [2.24, 2.45) is 0 Å². The molecule has 23 heavy (non-hydrogen) atoms. The van der Waals surface area contributed by atoms with Crippen LogP contribution in [0.2, 0.25) is 0 Å². The molecule has 1 aliphatic carbocycles. The number of nitrogens with one attached hydrogen (secondary N) is 1. The van der Waals surface area contributed by atoms with E-state index < -0.39 is 23.9 Å². The molecule has 1 unspecified atom stereocenters. The van der Waals surface area contributed by atoms with E-state index in [4.69, 9.17) is 1.37 Å². The molecule has 0 bridgehead atoms. The highest BCUT2D eigenvalue weighted by Crippen LogP contribution is 2.32. The Morgan fingerprint density at radius 3 is 2.70 bits per heavy atom. The molecule has 3 rings (SSSR count). The number of hydrogen-bond donors (Lipinski definition) is 2. The maximum atomic E-state index is 12.4. The van der Waals surface area contributed by atoms with Gasteiger partial charge in [-0.1, -0.05) is 66.7 Å². The molecule has 2 aromatic rings. The van der Waals surface area contributed by atoms with Crippen LogP contribution in [-0.4, -0.2) is 17.1 Å². The molecule has 0 heterocycles. The number of benzene rings is 2. The highest BCUT2D eigenvalue weighted by atomic mass is 16.3. The van der Waals surface area contributed by atoms with Crippen LogP contribution in [0.4, 0.5) is 0 Å². The molecule has 0 aromatic heterocycles. The predicted octanol–water partition coefficient (Wildman–Crippen LogP) is 3.43. The van der Waals surface area contributed by atoms with Crippen LogP contribution >= 0.6 is 0 Å². The van der Waals surface area contributed by atoms with E-state index in [0.717, 1.165) is 11.1 Å². The first kappa shape index (κ1) is 14.2.